The first kappa shape index (κ1) is 33.5. The molecule has 5 N–H and O–H groups in total. The second-order valence-electron chi connectivity index (χ2n) is 12.1. The lowest BCUT2D eigenvalue weighted by molar-refractivity contribution is -0.172. The summed E-state index contributed by atoms with van der Waals surface area (Å²) >= 11 is 0. The number of primary amides is 1. The highest BCUT2D eigenvalue weighted by molar-refractivity contribution is 5.91. The molecule has 49 heavy (non-hydrogen) atoms. The zero-order valence-corrected chi connectivity index (χ0v) is 27.0. The maximum atomic E-state index is 15.0. The third-order valence-electron chi connectivity index (χ3n) is 9.07. The van der Waals surface area contributed by atoms with Crippen LogP contribution in [-0.4, -0.2) is 39.1 Å². The molecule has 0 fully saturated rings. The second kappa shape index (κ2) is 13.3. The lowest BCUT2D eigenvalue weighted by atomic mass is 9.86. The molecular weight excluding hydrogens is 640 g/mol. The molecule has 0 saturated heterocycles. The number of ether oxygens (including phenoxy) is 2. The monoisotopic (exact) mass is 675 g/mol. The molecule has 2 aromatic heterocycles. The minimum Gasteiger partial charge on any atom is -0.489 e. The molecular formula is C35H35F2N5O7. The van der Waals surface area contributed by atoms with Gasteiger partial charge in [0.1, 0.15) is 30.6 Å². The fourth-order valence-electron chi connectivity index (χ4n) is 6.45. The van der Waals surface area contributed by atoms with Crippen LogP contribution in [0.15, 0.2) is 41.2 Å². The van der Waals surface area contributed by atoms with Gasteiger partial charge in [0.05, 0.1) is 34.6 Å². The van der Waals surface area contributed by atoms with E-state index in [9.17, 15) is 33.1 Å². The van der Waals surface area contributed by atoms with Crippen LogP contribution in [0.5, 0.6) is 5.75 Å². The Bertz CT molecular complexity index is 2060. The van der Waals surface area contributed by atoms with Gasteiger partial charge in [-0.3, -0.25) is 9.59 Å². The number of nitrogens with zero attached hydrogens (tertiary/aromatic N) is 2. The van der Waals surface area contributed by atoms with Crippen molar-refractivity contribution in [3.63, 3.8) is 0 Å². The number of carbonyl (C=O) groups is 3. The van der Waals surface area contributed by atoms with Crippen molar-refractivity contribution in [3.8, 4) is 17.1 Å². The molecule has 0 radical (unpaired) electrons. The van der Waals surface area contributed by atoms with Crippen molar-refractivity contribution >= 4 is 34.5 Å². The summed E-state index contributed by atoms with van der Waals surface area (Å²) in [4.78, 5) is 53.8. The lowest BCUT2D eigenvalue weighted by Gasteiger charge is -2.31. The van der Waals surface area contributed by atoms with E-state index < -0.39 is 41.7 Å². The van der Waals surface area contributed by atoms with E-state index in [4.69, 9.17) is 20.2 Å². The number of amides is 3. The average Bonchev–Trinajstić information content (AvgIpc) is 3.43. The maximum Gasteiger partial charge on any atom is 0.343 e. The number of rotatable bonds is 11. The van der Waals surface area contributed by atoms with Gasteiger partial charge in [-0.2, -0.15) is 0 Å². The molecule has 4 aromatic rings. The molecule has 0 bridgehead atoms. The number of hydrogen-bond acceptors (Lipinski definition) is 8. The van der Waals surface area contributed by atoms with Gasteiger partial charge in [0, 0.05) is 35.2 Å². The molecule has 256 valence electrons. The Balaban J connectivity index is 1.21. The largest absolute Gasteiger partial charge is 0.489 e. The molecule has 6 rings (SSSR count). The van der Waals surface area contributed by atoms with Gasteiger partial charge in [0.15, 0.2) is 5.60 Å². The van der Waals surface area contributed by atoms with Gasteiger partial charge in [-0.15, -0.1) is 0 Å². The van der Waals surface area contributed by atoms with Crippen LogP contribution in [0.4, 0.5) is 19.3 Å². The van der Waals surface area contributed by atoms with Crippen molar-refractivity contribution in [1.82, 2.24) is 14.9 Å². The number of esters is 1. The quantitative estimate of drug-likeness (QED) is 0.119. The minimum atomic E-state index is -1.93. The third kappa shape index (κ3) is 6.19. The first-order valence-electron chi connectivity index (χ1n) is 16.0. The van der Waals surface area contributed by atoms with E-state index >= 15 is 0 Å². The van der Waals surface area contributed by atoms with E-state index in [0.29, 0.717) is 48.5 Å². The molecule has 2 aliphatic rings. The van der Waals surface area contributed by atoms with Gasteiger partial charge in [-0.25, -0.2) is 23.4 Å². The van der Waals surface area contributed by atoms with Gasteiger partial charge in [0.2, 0.25) is 5.91 Å². The number of nitrogens with one attached hydrogen (secondary N) is 2. The number of aryl methyl sites for hydroxylation is 1. The van der Waals surface area contributed by atoms with Gasteiger partial charge in [-0.1, -0.05) is 13.8 Å². The van der Waals surface area contributed by atoms with Crippen LogP contribution in [0.2, 0.25) is 0 Å². The molecule has 2 aromatic carbocycles. The van der Waals surface area contributed by atoms with Gasteiger partial charge in [0.25, 0.3) is 5.56 Å². The Morgan fingerprint density at radius 3 is 2.53 bits per heavy atom. The Labute approximate surface area is 279 Å². The molecule has 1 atom stereocenters. The van der Waals surface area contributed by atoms with Crippen LogP contribution in [0.25, 0.3) is 22.3 Å². The summed E-state index contributed by atoms with van der Waals surface area (Å²) in [6, 6.07) is 8.15. The van der Waals surface area contributed by atoms with E-state index in [1.807, 2.05) is 6.92 Å². The van der Waals surface area contributed by atoms with Crippen molar-refractivity contribution in [3.05, 3.63) is 86.2 Å². The topological polar surface area (TPSA) is 175 Å². The zero-order chi connectivity index (χ0) is 35.0. The number of cyclic esters (lactones) is 1. The molecule has 0 aliphatic carbocycles. The van der Waals surface area contributed by atoms with E-state index in [1.54, 1.807) is 35.8 Å². The third-order valence-corrected chi connectivity index (χ3v) is 9.07. The molecule has 14 heteroatoms. The molecule has 2 aliphatic heterocycles. The second-order valence-corrected chi connectivity index (χ2v) is 12.1. The Morgan fingerprint density at radius 1 is 1.08 bits per heavy atom. The standard InChI is InChI=1S/C35H35F2N5O7/c1-3-20-21-13-19(48-17-24-26(36)11-18(12-27(24)37)40-30(43)7-5-6-10-39-34(38)46)8-9-28(21)41-31-22(20)15-42-29(31)14-25-23(32(42)44)16-49-33(45)35(25,47)4-2/h8-9,11-14,47H,3-7,10,15-17H2,1-2H3,(H,40,43)(H3,38,39,46)/t35-/m0/s1. The molecule has 0 spiro atoms. The van der Waals surface area contributed by atoms with Crippen molar-refractivity contribution in [2.45, 2.75) is 71.3 Å². The van der Waals surface area contributed by atoms with Gasteiger partial charge in [-0.05, 0) is 67.6 Å². The predicted octanol–water partition coefficient (Wildman–Crippen LogP) is 4.28. The Hall–Kier alpha value is -5.37. The number of hydrogen-bond donors (Lipinski definition) is 4. The average molecular weight is 676 g/mol. The van der Waals surface area contributed by atoms with Crippen LogP contribution in [0.1, 0.15) is 67.3 Å². The number of benzene rings is 2. The molecule has 0 unspecified atom stereocenters. The summed E-state index contributed by atoms with van der Waals surface area (Å²) in [5.74, 6) is -2.64. The maximum absolute atomic E-state index is 15.0. The summed E-state index contributed by atoms with van der Waals surface area (Å²) < 4.78 is 42.5. The van der Waals surface area contributed by atoms with E-state index in [2.05, 4.69) is 10.6 Å². The van der Waals surface area contributed by atoms with Crippen molar-refractivity contribution in [2.75, 3.05) is 11.9 Å². The number of nitrogens with two attached hydrogens (primary N) is 1. The number of aliphatic hydroxyl groups is 1. The highest BCUT2D eigenvalue weighted by Gasteiger charge is 2.45. The predicted molar refractivity (Wildman–Crippen MR) is 175 cm³/mol. The van der Waals surface area contributed by atoms with Crippen LogP contribution in [0.3, 0.4) is 0 Å². The lowest BCUT2D eigenvalue weighted by Crippen LogP contribution is -2.44. The highest BCUT2D eigenvalue weighted by Crippen LogP contribution is 2.41. The summed E-state index contributed by atoms with van der Waals surface area (Å²) in [5, 5.41) is 16.8. The van der Waals surface area contributed by atoms with Crippen LogP contribution in [0, 0.1) is 11.6 Å². The van der Waals surface area contributed by atoms with Crippen LogP contribution >= 0.6 is 0 Å². The smallest absolute Gasteiger partial charge is 0.343 e. The fraction of sp³-hybridized carbons (Fsp3) is 0.343. The van der Waals surface area contributed by atoms with Crippen molar-refractivity contribution < 1.29 is 37.7 Å². The number of anilines is 1. The summed E-state index contributed by atoms with van der Waals surface area (Å²) in [6.45, 7) is 3.52. The highest BCUT2D eigenvalue weighted by atomic mass is 19.1. The SMILES string of the molecule is CCc1c2c(nc3ccc(OCc4c(F)cc(NC(=O)CCCCNC(N)=O)cc4F)cc13)-c1cc3c(c(=O)n1C2)COC(=O)[C@]3(O)CC. The summed E-state index contributed by atoms with van der Waals surface area (Å²) in [6.07, 6.45) is 1.67. The van der Waals surface area contributed by atoms with Crippen LogP contribution < -0.4 is 26.7 Å². The number of aromatic nitrogens is 2. The number of halogens is 2. The summed E-state index contributed by atoms with van der Waals surface area (Å²) in [5.41, 5.74) is 6.24. The fourth-order valence-corrected chi connectivity index (χ4v) is 6.45. The molecule has 0 saturated carbocycles. The zero-order valence-electron chi connectivity index (χ0n) is 27.0. The number of pyridine rings is 2. The van der Waals surface area contributed by atoms with E-state index in [1.165, 1.54) is 0 Å². The summed E-state index contributed by atoms with van der Waals surface area (Å²) in [7, 11) is 0. The van der Waals surface area contributed by atoms with Gasteiger partial charge >= 0.3 is 12.0 Å². The molecule has 3 amide bonds. The van der Waals surface area contributed by atoms with Gasteiger partial charge < -0.3 is 35.5 Å². The number of unbranched alkanes of at least 4 members (excludes halogenated alkanes) is 1. The molecule has 4 heterocycles. The van der Waals surface area contributed by atoms with Crippen LogP contribution in [-0.2, 0) is 46.1 Å². The number of carbonyl (C=O) groups excluding carboxylic acids is 3. The van der Waals surface area contributed by atoms with E-state index in [0.717, 1.165) is 28.6 Å². The first-order chi connectivity index (χ1) is 23.4. The van der Waals surface area contributed by atoms with Crippen molar-refractivity contribution in [1.29, 1.82) is 0 Å². The number of fused-ring (bicyclic) bond motifs is 5. The normalized spacial score (nSPS) is 16.1. The Kier molecular flexibility index (Phi) is 9.08. The van der Waals surface area contributed by atoms with E-state index in [-0.39, 0.29) is 53.9 Å². The van der Waals surface area contributed by atoms with Crippen molar-refractivity contribution in [2.24, 2.45) is 5.73 Å². The minimum absolute atomic E-state index is 0.0308. The molecule has 12 nitrogen and oxygen atoms in total. The first-order valence-corrected chi connectivity index (χ1v) is 16.0. The Morgan fingerprint density at radius 2 is 1.84 bits per heavy atom. The number of urea groups is 1.